The van der Waals surface area contributed by atoms with Crippen molar-refractivity contribution in [2.24, 2.45) is 0 Å². The quantitative estimate of drug-likeness (QED) is 0.124. The smallest absolute Gasteiger partial charge is 0.305 e. The molecule has 0 saturated carbocycles. The second-order valence-electron chi connectivity index (χ2n) is 9.77. The van der Waals surface area contributed by atoms with Crippen molar-refractivity contribution in [2.75, 3.05) is 46.1 Å². The molecule has 0 fully saturated rings. The van der Waals surface area contributed by atoms with Crippen molar-refractivity contribution in [3.63, 3.8) is 0 Å². The zero-order valence-corrected chi connectivity index (χ0v) is 22.6. The van der Waals surface area contributed by atoms with Crippen molar-refractivity contribution in [3.05, 3.63) is 0 Å². The lowest BCUT2D eigenvalue weighted by molar-refractivity contribution is -0.138. The SMILES string of the molecule is CCCCCCCCCCCCCCCCCCN(CCOCCC(=O)O)CC(C)OCCO. The number of carbonyl (C=O) groups is 1. The van der Waals surface area contributed by atoms with Crippen LogP contribution in [0, 0.1) is 0 Å². The zero-order valence-electron chi connectivity index (χ0n) is 22.6. The van der Waals surface area contributed by atoms with Gasteiger partial charge in [-0.2, -0.15) is 0 Å². The summed E-state index contributed by atoms with van der Waals surface area (Å²) in [6, 6.07) is 0. The predicted molar refractivity (Wildman–Crippen MR) is 142 cm³/mol. The summed E-state index contributed by atoms with van der Waals surface area (Å²) in [6.07, 6.45) is 22.1. The Morgan fingerprint density at radius 1 is 0.735 bits per heavy atom. The number of rotatable bonds is 28. The van der Waals surface area contributed by atoms with Crippen LogP contribution in [0.4, 0.5) is 0 Å². The lowest BCUT2D eigenvalue weighted by Crippen LogP contribution is -2.36. The van der Waals surface area contributed by atoms with Crippen molar-refractivity contribution >= 4 is 5.97 Å². The first-order chi connectivity index (χ1) is 16.6. The second-order valence-corrected chi connectivity index (χ2v) is 9.77. The Morgan fingerprint density at radius 3 is 1.71 bits per heavy atom. The average Bonchev–Trinajstić information content (AvgIpc) is 2.81. The van der Waals surface area contributed by atoms with E-state index in [1.807, 2.05) is 6.92 Å². The molecule has 0 bridgehead atoms. The first-order valence-corrected chi connectivity index (χ1v) is 14.3. The highest BCUT2D eigenvalue weighted by Crippen LogP contribution is 2.14. The van der Waals surface area contributed by atoms with Gasteiger partial charge in [0, 0.05) is 13.1 Å². The maximum absolute atomic E-state index is 10.6. The van der Waals surface area contributed by atoms with E-state index in [2.05, 4.69) is 11.8 Å². The summed E-state index contributed by atoms with van der Waals surface area (Å²) in [5.74, 6) is -0.823. The van der Waals surface area contributed by atoms with E-state index in [1.54, 1.807) is 0 Å². The number of carboxylic acids is 1. The molecule has 0 aliphatic heterocycles. The second kappa shape index (κ2) is 26.9. The fourth-order valence-corrected chi connectivity index (χ4v) is 4.30. The maximum atomic E-state index is 10.6. The fourth-order valence-electron chi connectivity index (χ4n) is 4.30. The van der Waals surface area contributed by atoms with E-state index in [0.717, 1.165) is 19.6 Å². The Labute approximate surface area is 210 Å². The summed E-state index contributed by atoms with van der Waals surface area (Å²) in [4.78, 5) is 12.9. The number of carboxylic acid groups (broad SMARTS) is 1. The largest absolute Gasteiger partial charge is 0.481 e. The van der Waals surface area contributed by atoms with Crippen LogP contribution < -0.4 is 0 Å². The molecule has 1 atom stereocenters. The normalized spacial score (nSPS) is 12.5. The van der Waals surface area contributed by atoms with Gasteiger partial charge in [0.2, 0.25) is 0 Å². The highest BCUT2D eigenvalue weighted by molar-refractivity contribution is 5.66. The van der Waals surface area contributed by atoms with Crippen LogP contribution in [-0.4, -0.2) is 73.2 Å². The van der Waals surface area contributed by atoms with E-state index in [4.69, 9.17) is 19.7 Å². The fraction of sp³-hybridized carbons (Fsp3) is 0.964. The van der Waals surface area contributed by atoms with Crippen molar-refractivity contribution < 1.29 is 24.5 Å². The number of nitrogens with zero attached hydrogens (tertiary/aromatic N) is 1. The van der Waals surface area contributed by atoms with Gasteiger partial charge in [-0.15, -0.1) is 0 Å². The number of ether oxygens (including phenoxy) is 2. The molecule has 0 radical (unpaired) electrons. The maximum Gasteiger partial charge on any atom is 0.305 e. The van der Waals surface area contributed by atoms with E-state index < -0.39 is 5.97 Å². The zero-order chi connectivity index (χ0) is 25.1. The molecule has 1 unspecified atom stereocenters. The third-order valence-corrected chi connectivity index (χ3v) is 6.35. The van der Waals surface area contributed by atoms with Crippen LogP contribution in [0.5, 0.6) is 0 Å². The summed E-state index contributed by atoms with van der Waals surface area (Å²) in [7, 11) is 0. The molecule has 34 heavy (non-hydrogen) atoms. The molecule has 0 aromatic rings. The van der Waals surface area contributed by atoms with Crippen LogP contribution in [0.25, 0.3) is 0 Å². The minimum Gasteiger partial charge on any atom is -0.481 e. The Hall–Kier alpha value is -0.690. The summed E-state index contributed by atoms with van der Waals surface area (Å²) in [6.45, 7) is 8.12. The highest BCUT2D eigenvalue weighted by Gasteiger charge is 2.11. The Morgan fingerprint density at radius 2 is 1.24 bits per heavy atom. The molecule has 0 aliphatic rings. The molecule has 6 heteroatoms. The molecule has 0 aromatic heterocycles. The summed E-state index contributed by atoms with van der Waals surface area (Å²) in [5, 5.41) is 17.7. The van der Waals surface area contributed by atoms with Gasteiger partial charge in [-0.25, -0.2) is 0 Å². The number of aliphatic hydroxyl groups excluding tert-OH is 1. The minimum atomic E-state index is -0.823. The lowest BCUT2D eigenvalue weighted by atomic mass is 10.0. The van der Waals surface area contributed by atoms with Gasteiger partial charge < -0.3 is 19.7 Å². The highest BCUT2D eigenvalue weighted by atomic mass is 16.5. The number of hydrogen-bond donors (Lipinski definition) is 2. The van der Waals surface area contributed by atoms with Gasteiger partial charge in [-0.1, -0.05) is 103 Å². The molecule has 0 heterocycles. The van der Waals surface area contributed by atoms with Gasteiger partial charge >= 0.3 is 5.97 Å². The number of aliphatic carboxylic acids is 1. The van der Waals surface area contributed by atoms with Gasteiger partial charge in [0.05, 0.1) is 39.0 Å². The summed E-state index contributed by atoms with van der Waals surface area (Å²) >= 11 is 0. The van der Waals surface area contributed by atoms with E-state index in [9.17, 15) is 4.79 Å². The molecule has 0 aromatic carbocycles. The molecule has 204 valence electrons. The predicted octanol–water partition coefficient (Wildman–Crippen LogP) is 6.44. The van der Waals surface area contributed by atoms with Gasteiger partial charge in [0.25, 0.3) is 0 Å². The van der Waals surface area contributed by atoms with Crippen LogP contribution in [0.3, 0.4) is 0 Å². The third-order valence-electron chi connectivity index (χ3n) is 6.35. The number of aliphatic hydroxyl groups is 1. The summed E-state index contributed by atoms with van der Waals surface area (Å²) in [5.41, 5.74) is 0. The van der Waals surface area contributed by atoms with Gasteiger partial charge in [0.15, 0.2) is 0 Å². The molecular formula is C28H57NO5. The average molecular weight is 488 g/mol. The monoisotopic (exact) mass is 487 g/mol. The van der Waals surface area contributed by atoms with Gasteiger partial charge in [-0.3, -0.25) is 9.69 Å². The van der Waals surface area contributed by atoms with Gasteiger partial charge in [0.1, 0.15) is 0 Å². The van der Waals surface area contributed by atoms with Crippen LogP contribution in [0.2, 0.25) is 0 Å². The van der Waals surface area contributed by atoms with Crippen molar-refractivity contribution in [2.45, 2.75) is 129 Å². The molecule has 6 nitrogen and oxygen atoms in total. The Balaban J connectivity index is 3.69. The Bertz CT molecular complexity index is 422. The first kappa shape index (κ1) is 33.3. The van der Waals surface area contributed by atoms with Crippen LogP contribution in [-0.2, 0) is 14.3 Å². The topological polar surface area (TPSA) is 79.2 Å². The third kappa shape index (κ3) is 25.9. The molecule has 0 saturated heterocycles. The standard InChI is InChI=1S/C28H57NO5/c1-3-4-5-6-7-8-9-10-11-12-13-14-15-16-17-18-20-29(26-27(2)34-25-22-30)21-24-33-23-19-28(31)32/h27,30H,3-26H2,1-2H3,(H,31,32). The number of unbranched alkanes of at least 4 members (excludes halogenated alkanes) is 15. The van der Waals surface area contributed by atoms with E-state index >= 15 is 0 Å². The Kier molecular flexibility index (Phi) is 26.4. The van der Waals surface area contributed by atoms with Crippen LogP contribution >= 0.6 is 0 Å². The molecule has 0 spiro atoms. The van der Waals surface area contributed by atoms with E-state index in [0.29, 0.717) is 13.2 Å². The van der Waals surface area contributed by atoms with Gasteiger partial charge in [-0.05, 0) is 19.9 Å². The first-order valence-electron chi connectivity index (χ1n) is 14.3. The molecule has 0 aliphatic carbocycles. The van der Waals surface area contributed by atoms with E-state index in [-0.39, 0.29) is 25.7 Å². The van der Waals surface area contributed by atoms with Crippen molar-refractivity contribution in [3.8, 4) is 0 Å². The van der Waals surface area contributed by atoms with Crippen molar-refractivity contribution in [1.82, 2.24) is 4.90 Å². The van der Waals surface area contributed by atoms with Crippen molar-refractivity contribution in [1.29, 1.82) is 0 Å². The van der Waals surface area contributed by atoms with E-state index in [1.165, 1.54) is 103 Å². The van der Waals surface area contributed by atoms with Crippen LogP contribution in [0.1, 0.15) is 123 Å². The molecular weight excluding hydrogens is 430 g/mol. The molecule has 0 amide bonds. The van der Waals surface area contributed by atoms with Crippen LogP contribution in [0.15, 0.2) is 0 Å². The summed E-state index contributed by atoms with van der Waals surface area (Å²) < 4.78 is 11.1. The molecule has 0 rings (SSSR count). The molecule has 2 N–H and O–H groups in total. The minimum absolute atomic E-state index is 0.0434. The number of hydrogen-bond acceptors (Lipinski definition) is 5. The lowest BCUT2D eigenvalue weighted by Gasteiger charge is -2.25.